The molecule has 0 unspecified atom stereocenters. The molecule has 1 aromatic carbocycles. The summed E-state index contributed by atoms with van der Waals surface area (Å²) in [4.78, 5) is 0. The van der Waals surface area contributed by atoms with Crippen molar-refractivity contribution in [2.75, 3.05) is 0 Å². The lowest BCUT2D eigenvalue weighted by molar-refractivity contribution is 1.50. The highest BCUT2D eigenvalue weighted by atomic mass is 13.6. The number of hydrogen-bond donors (Lipinski definition) is 0. The highest BCUT2D eigenvalue weighted by Crippen LogP contribution is 1.79. The second-order valence-corrected chi connectivity index (χ2v) is 1.15. The third-order valence-electron chi connectivity index (χ3n) is 0.667. The van der Waals surface area contributed by atoms with E-state index in [1.165, 1.54) is 0 Å². The standard InChI is InChI=1S/C6H6.C2H6.3CH4/c1-2-4-6-5-3-1;1-2;;;/h1-6H;1-2H3;3*1H4. The van der Waals surface area contributed by atoms with Crippen molar-refractivity contribution in [3.63, 3.8) is 0 Å². The Labute approximate surface area is 73.3 Å². The molecule has 1 rings (SSSR count). The van der Waals surface area contributed by atoms with Gasteiger partial charge in [-0.2, -0.15) is 0 Å². The second-order valence-electron chi connectivity index (χ2n) is 1.15. The van der Waals surface area contributed by atoms with Gasteiger partial charge >= 0.3 is 0 Å². The van der Waals surface area contributed by atoms with Crippen LogP contribution in [-0.4, -0.2) is 0 Å². The topological polar surface area (TPSA) is 0 Å². The maximum Gasteiger partial charge on any atom is -0.0623 e. The summed E-state index contributed by atoms with van der Waals surface area (Å²) in [6, 6.07) is 12.0. The van der Waals surface area contributed by atoms with Crippen molar-refractivity contribution in [2.45, 2.75) is 36.1 Å². The van der Waals surface area contributed by atoms with Crippen LogP contribution in [0.15, 0.2) is 36.4 Å². The lowest BCUT2D eigenvalue weighted by Gasteiger charge is -1.69. The average Bonchev–Trinajstić information content (AvgIpc) is 1.96. The van der Waals surface area contributed by atoms with Crippen LogP contribution >= 0.6 is 0 Å². The first kappa shape index (κ1) is 22.5. The molecule has 0 saturated heterocycles. The molecule has 0 radical (unpaired) electrons. The van der Waals surface area contributed by atoms with Gasteiger partial charge < -0.3 is 0 Å². The Morgan fingerprint density at radius 2 is 0.545 bits per heavy atom. The lowest BCUT2D eigenvalue weighted by Crippen LogP contribution is -1.47. The molecule has 0 spiro atoms. The van der Waals surface area contributed by atoms with Gasteiger partial charge in [0.2, 0.25) is 0 Å². The zero-order valence-corrected chi connectivity index (χ0v) is 5.46. The van der Waals surface area contributed by atoms with Gasteiger partial charge in [0.15, 0.2) is 0 Å². The van der Waals surface area contributed by atoms with Gasteiger partial charge in [0.1, 0.15) is 0 Å². The zero-order chi connectivity index (χ0) is 6.24. The van der Waals surface area contributed by atoms with Crippen LogP contribution < -0.4 is 0 Å². The summed E-state index contributed by atoms with van der Waals surface area (Å²) in [5.41, 5.74) is 0. The van der Waals surface area contributed by atoms with E-state index in [9.17, 15) is 0 Å². The normalized spacial score (nSPS) is 4.91. The largest absolute Gasteiger partial charge is 0.0776 e. The molecule has 0 bridgehead atoms. The van der Waals surface area contributed by atoms with Crippen molar-refractivity contribution in [1.82, 2.24) is 0 Å². The minimum absolute atomic E-state index is 0. The fourth-order valence-electron chi connectivity index (χ4n) is 0.385. The van der Waals surface area contributed by atoms with Gasteiger partial charge in [-0.25, -0.2) is 0 Å². The number of rotatable bonds is 0. The smallest absolute Gasteiger partial charge is 0.0623 e. The van der Waals surface area contributed by atoms with E-state index in [0.717, 1.165) is 0 Å². The SMILES string of the molecule is C.C.C.CC.c1ccccc1. The van der Waals surface area contributed by atoms with Crippen molar-refractivity contribution >= 4 is 0 Å². The molecular weight excluding hydrogens is 132 g/mol. The van der Waals surface area contributed by atoms with Crippen LogP contribution in [-0.2, 0) is 0 Å². The van der Waals surface area contributed by atoms with E-state index in [1.807, 2.05) is 50.2 Å². The van der Waals surface area contributed by atoms with Crippen molar-refractivity contribution in [3.8, 4) is 0 Å². The Morgan fingerprint density at radius 3 is 0.636 bits per heavy atom. The van der Waals surface area contributed by atoms with Crippen molar-refractivity contribution in [3.05, 3.63) is 36.4 Å². The molecule has 0 saturated carbocycles. The summed E-state index contributed by atoms with van der Waals surface area (Å²) < 4.78 is 0. The van der Waals surface area contributed by atoms with Gasteiger partial charge in [0, 0.05) is 0 Å². The monoisotopic (exact) mass is 156 g/mol. The highest BCUT2D eigenvalue weighted by molar-refractivity contribution is 4.99. The van der Waals surface area contributed by atoms with Crippen LogP contribution in [0.2, 0.25) is 0 Å². The molecule has 0 fully saturated rings. The Kier molecular flexibility index (Phi) is 46.7. The van der Waals surface area contributed by atoms with Crippen LogP contribution in [0.3, 0.4) is 0 Å². The van der Waals surface area contributed by atoms with Gasteiger partial charge in [-0.1, -0.05) is 72.5 Å². The van der Waals surface area contributed by atoms with Gasteiger partial charge in [-0.3, -0.25) is 0 Å². The molecule has 0 aromatic heterocycles. The number of benzene rings is 1. The zero-order valence-electron chi connectivity index (χ0n) is 5.46. The molecule has 0 amide bonds. The van der Waals surface area contributed by atoms with Crippen LogP contribution in [0.25, 0.3) is 0 Å². The highest BCUT2D eigenvalue weighted by Gasteiger charge is 1.57. The molecule has 11 heavy (non-hydrogen) atoms. The van der Waals surface area contributed by atoms with Crippen LogP contribution in [0.4, 0.5) is 0 Å². The van der Waals surface area contributed by atoms with E-state index in [1.54, 1.807) is 0 Å². The average molecular weight is 156 g/mol. The summed E-state index contributed by atoms with van der Waals surface area (Å²) in [7, 11) is 0. The molecule has 0 aliphatic rings. The Morgan fingerprint density at radius 1 is 0.455 bits per heavy atom. The Hall–Kier alpha value is -0.780. The van der Waals surface area contributed by atoms with Gasteiger partial charge in [-0.05, 0) is 0 Å². The van der Waals surface area contributed by atoms with E-state index in [0.29, 0.717) is 0 Å². The van der Waals surface area contributed by atoms with Crippen LogP contribution in [0.5, 0.6) is 0 Å². The van der Waals surface area contributed by atoms with E-state index in [4.69, 9.17) is 0 Å². The van der Waals surface area contributed by atoms with Crippen LogP contribution in [0, 0.1) is 0 Å². The van der Waals surface area contributed by atoms with E-state index in [-0.39, 0.29) is 22.3 Å². The molecular formula is C11H24. The number of hydrogen-bond acceptors (Lipinski definition) is 0. The van der Waals surface area contributed by atoms with Gasteiger partial charge in [-0.15, -0.1) is 0 Å². The van der Waals surface area contributed by atoms with E-state index in [2.05, 4.69) is 0 Å². The molecule has 0 N–H and O–H groups in total. The quantitative estimate of drug-likeness (QED) is 0.514. The predicted molar refractivity (Wildman–Crippen MR) is 58.0 cm³/mol. The summed E-state index contributed by atoms with van der Waals surface area (Å²) in [6.45, 7) is 4.00. The van der Waals surface area contributed by atoms with Crippen molar-refractivity contribution < 1.29 is 0 Å². The molecule has 0 heteroatoms. The molecule has 0 aliphatic carbocycles. The Balaban J connectivity index is -0.0000000459. The second kappa shape index (κ2) is 22.9. The Bertz CT molecular complexity index is 72.0. The fourth-order valence-corrected chi connectivity index (χ4v) is 0.385. The third kappa shape index (κ3) is 17.6. The summed E-state index contributed by atoms with van der Waals surface area (Å²) >= 11 is 0. The summed E-state index contributed by atoms with van der Waals surface area (Å²) in [6.07, 6.45) is 0. The maximum atomic E-state index is 2.00. The predicted octanol–water partition coefficient (Wildman–Crippen LogP) is 4.62. The molecule has 0 nitrogen and oxygen atoms in total. The molecule has 68 valence electrons. The summed E-state index contributed by atoms with van der Waals surface area (Å²) in [5, 5.41) is 0. The van der Waals surface area contributed by atoms with Crippen molar-refractivity contribution in [2.24, 2.45) is 0 Å². The third-order valence-corrected chi connectivity index (χ3v) is 0.667. The molecule has 1 aromatic rings. The molecule has 0 heterocycles. The summed E-state index contributed by atoms with van der Waals surface area (Å²) in [5.74, 6) is 0. The molecule has 0 atom stereocenters. The fraction of sp³-hybridized carbons (Fsp3) is 0.455. The first-order chi connectivity index (χ1) is 4.00. The van der Waals surface area contributed by atoms with E-state index >= 15 is 0 Å². The lowest BCUT2D eigenvalue weighted by atomic mass is 10.4. The first-order valence-corrected chi connectivity index (χ1v) is 3.00. The minimum atomic E-state index is 0. The molecule has 0 aliphatic heterocycles. The van der Waals surface area contributed by atoms with Crippen LogP contribution in [0.1, 0.15) is 36.1 Å². The van der Waals surface area contributed by atoms with Gasteiger partial charge in [0.05, 0.1) is 0 Å². The minimum Gasteiger partial charge on any atom is -0.0776 e. The first-order valence-electron chi connectivity index (χ1n) is 3.00. The van der Waals surface area contributed by atoms with Crippen molar-refractivity contribution in [1.29, 1.82) is 0 Å². The van der Waals surface area contributed by atoms with E-state index < -0.39 is 0 Å². The van der Waals surface area contributed by atoms with Gasteiger partial charge in [0.25, 0.3) is 0 Å². The maximum absolute atomic E-state index is 2.00.